The molecule has 4 rings (SSSR count). The van der Waals surface area contributed by atoms with Crippen molar-refractivity contribution in [3.8, 4) is 6.07 Å². The normalized spacial score (nSPS) is 17.3. The van der Waals surface area contributed by atoms with Crippen molar-refractivity contribution in [2.45, 2.75) is 24.9 Å². The second-order valence-corrected chi connectivity index (χ2v) is 7.62. The first-order valence-electron chi connectivity index (χ1n) is 9.96. The van der Waals surface area contributed by atoms with Crippen molar-refractivity contribution >= 4 is 11.4 Å². The molecule has 2 aromatic carbocycles. The maximum Gasteiger partial charge on any atom is 0.101 e. The highest BCUT2D eigenvalue weighted by molar-refractivity contribution is 5.77. The van der Waals surface area contributed by atoms with Gasteiger partial charge in [0.05, 0.1) is 35.2 Å². The van der Waals surface area contributed by atoms with Gasteiger partial charge in [0.1, 0.15) is 6.07 Å². The van der Waals surface area contributed by atoms with E-state index in [1.807, 2.05) is 42.2 Å². The molecule has 0 saturated heterocycles. The highest BCUT2D eigenvalue weighted by Crippen LogP contribution is 2.33. The first-order valence-corrected chi connectivity index (χ1v) is 9.96. The van der Waals surface area contributed by atoms with Crippen LogP contribution in [-0.2, 0) is 7.05 Å². The molecule has 0 fully saturated rings. The molecular formula is C23H26N6. The molecule has 0 aliphatic carbocycles. The average molecular weight is 387 g/mol. The molecule has 0 unspecified atom stereocenters. The van der Waals surface area contributed by atoms with E-state index in [-0.39, 0.29) is 12.1 Å². The van der Waals surface area contributed by atoms with Crippen LogP contribution in [-0.4, -0.2) is 28.9 Å². The lowest BCUT2D eigenvalue weighted by Gasteiger charge is -2.36. The third-order valence-corrected chi connectivity index (χ3v) is 5.53. The number of anilines is 2. The SMILES string of the molecule is C[C@H](CN[C@H](c1ccccc1)[C@H]1CNc2cccc(C#N)c2N1)c1cnn(C)c1. The van der Waals surface area contributed by atoms with Crippen molar-refractivity contribution < 1.29 is 0 Å². The minimum Gasteiger partial charge on any atom is -0.381 e. The van der Waals surface area contributed by atoms with E-state index >= 15 is 0 Å². The number of nitrogens with one attached hydrogen (secondary N) is 3. The topological polar surface area (TPSA) is 77.7 Å². The van der Waals surface area contributed by atoms with Crippen LogP contribution in [0.4, 0.5) is 11.4 Å². The summed E-state index contributed by atoms with van der Waals surface area (Å²) >= 11 is 0. The second kappa shape index (κ2) is 8.38. The van der Waals surface area contributed by atoms with Crippen LogP contribution in [0.1, 0.15) is 35.6 Å². The smallest absolute Gasteiger partial charge is 0.101 e. The predicted molar refractivity (Wildman–Crippen MR) is 116 cm³/mol. The van der Waals surface area contributed by atoms with Gasteiger partial charge >= 0.3 is 0 Å². The standard InChI is InChI=1S/C23H26N6/c1-16(19-13-27-29(2)15-19)12-26-22(17-7-4-3-5-8-17)21-14-25-20-10-6-9-18(11-24)23(20)28-21/h3-10,13,15-16,21-22,25-26,28H,12,14H2,1-2H3/t16-,21-,22-/m1/s1. The van der Waals surface area contributed by atoms with Crippen molar-refractivity contribution in [3.63, 3.8) is 0 Å². The predicted octanol–water partition coefficient (Wildman–Crippen LogP) is 3.63. The van der Waals surface area contributed by atoms with Gasteiger partial charge in [-0.2, -0.15) is 10.4 Å². The summed E-state index contributed by atoms with van der Waals surface area (Å²) in [5.74, 6) is 0.341. The van der Waals surface area contributed by atoms with E-state index in [0.29, 0.717) is 11.5 Å². The van der Waals surface area contributed by atoms with E-state index in [9.17, 15) is 5.26 Å². The fourth-order valence-electron chi connectivity index (χ4n) is 3.87. The highest BCUT2D eigenvalue weighted by atomic mass is 15.2. The lowest BCUT2D eigenvalue weighted by Crippen LogP contribution is -2.45. The molecule has 1 aliphatic rings. The fourth-order valence-corrected chi connectivity index (χ4v) is 3.87. The molecule has 6 heteroatoms. The summed E-state index contributed by atoms with van der Waals surface area (Å²) in [7, 11) is 1.94. The van der Waals surface area contributed by atoms with Crippen LogP contribution >= 0.6 is 0 Å². The Morgan fingerprint density at radius 1 is 1.21 bits per heavy atom. The van der Waals surface area contributed by atoms with Crippen molar-refractivity contribution in [2.75, 3.05) is 23.7 Å². The lowest BCUT2D eigenvalue weighted by molar-refractivity contribution is 0.454. The van der Waals surface area contributed by atoms with Gasteiger partial charge in [-0.05, 0) is 29.2 Å². The molecule has 3 aromatic rings. The third-order valence-electron chi connectivity index (χ3n) is 5.53. The number of nitrogens with zero attached hydrogens (tertiary/aromatic N) is 3. The molecule has 0 amide bonds. The molecule has 29 heavy (non-hydrogen) atoms. The minimum absolute atomic E-state index is 0.0997. The Balaban J connectivity index is 1.56. The van der Waals surface area contributed by atoms with Crippen LogP contribution in [0.2, 0.25) is 0 Å². The van der Waals surface area contributed by atoms with E-state index in [1.165, 1.54) is 11.1 Å². The van der Waals surface area contributed by atoms with Crippen molar-refractivity contribution in [1.82, 2.24) is 15.1 Å². The zero-order valence-electron chi connectivity index (χ0n) is 16.8. The number of nitriles is 1. The monoisotopic (exact) mass is 386 g/mol. The zero-order chi connectivity index (χ0) is 20.2. The molecule has 2 heterocycles. The van der Waals surface area contributed by atoms with Crippen LogP contribution in [0, 0.1) is 11.3 Å². The molecule has 3 N–H and O–H groups in total. The summed E-state index contributed by atoms with van der Waals surface area (Å²) < 4.78 is 1.84. The van der Waals surface area contributed by atoms with Gasteiger partial charge < -0.3 is 16.0 Å². The molecule has 1 aliphatic heterocycles. The summed E-state index contributed by atoms with van der Waals surface area (Å²) in [5.41, 5.74) is 4.97. The number of hydrogen-bond acceptors (Lipinski definition) is 5. The summed E-state index contributed by atoms with van der Waals surface area (Å²) in [5, 5.41) is 24.7. The number of benzene rings is 2. The molecule has 0 radical (unpaired) electrons. The van der Waals surface area contributed by atoms with Crippen LogP contribution in [0.25, 0.3) is 0 Å². The Kier molecular flexibility index (Phi) is 5.50. The Labute approximate surface area is 171 Å². The number of fused-ring (bicyclic) bond motifs is 1. The third kappa shape index (κ3) is 4.10. The van der Waals surface area contributed by atoms with Gasteiger partial charge in [0.25, 0.3) is 0 Å². The van der Waals surface area contributed by atoms with Gasteiger partial charge in [-0.3, -0.25) is 4.68 Å². The quantitative estimate of drug-likeness (QED) is 0.603. The summed E-state index contributed by atoms with van der Waals surface area (Å²) in [4.78, 5) is 0. The maximum atomic E-state index is 9.50. The molecular weight excluding hydrogens is 360 g/mol. The van der Waals surface area contributed by atoms with Crippen molar-refractivity contribution in [3.05, 3.63) is 77.6 Å². The number of rotatable bonds is 6. The van der Waals surface area contributed by atoms with Crippen LogP contribution in [0.15, 0.2) is 60.9 Å². The lowest BCUT2D eigenvalue weighted by atomic mass is 9.95. The zero-order valence-corrected chi connectivity index (χ0v) is 16.8. The van der Waals surface area contributed by atoms with E-state index in [1.54, 1.807) is 0 Å². The van der Waals surface area contributed by atoms with Crippen LogP contribution in [0.5, 0.6) is 0 Å². The molecule has 6 nitrogen and oxygen atoms in total. The number of para-hydroxylation sites is 1. The highest BCUT2D eigenvalue weighted by Gasteiger charge is 2.28. The Morgan fingerprint density at radius 3 is 2.76 bits per heavy atom. The molecule has 0 saturated carbocycles. The number of hydrogen-bond donors (Lipinski definition) is 3. The first-order chi connectivity index (χ1) is 14.2. The molecule has 0 bridgehead atoms. The molecule has 1 aromatic heterocycles. The first kappa shape index (κ1) is 19.0. The van der Waals surface area contributed by atoms with Crippen LogP contribution in [0.3, 0.4) is 0 Å². The molecule has 0 spiro atoms. The van der Waals surface area contributed by atoms with Crippen molar-refractivity contribution in [1.29, 1.82) is 5.26 Å². The van der Waals surface area contributed by atoms with Crippen molar-refractivity contribution in [2.24, 2.45) is 7.05 Å². The largest absolute Gasteiger partial charge is 0.381 e. The second-order valence-electron chi connectivity index (χ2n) is 7.62. The maximum absolute atomic E-state index is 9.50. The van der Waals surface area contributed by atoms with Gasteiger partial charge in [0.15, 0.2) is 0 Å². The van der Waals surface area contributed by atoms with Gasteiger partial charge in [-0.25, -0.2) is 0 Å². The van der Waals surface area contributed by atoms with E-state index < -0.39 is 0 Å². The average Bonchev–Trinajstić information content (AvgIpc) is 3.20. The van der Waals surface area contributed by atoms with E-state index in [0.717, 1.165) is 24.5 Å². The Morgan fingerprint density at radius 2 is 2.03 bits per heavy atom. The van der Waals surface area contributed by atoms with Gasteiger partial charge in [0.2, 0.25) is 0 Å². The van der Waals surface area contributed by atoms with E-state index in [2.05, 4.69) is 64.5 Å². The Bertz CT molecular complexity index is 1000. The van der Waals surface area contributed by atoms with Gasteiger partial charge in [-0.1, -0.05) is 43.3 Å². The summed E-state index contributed by atoms with van der Waals surface area (Å²) in [6.07, 6.45) is 4.00. The molecule has 148 valence electrons. The van der Waals surface area contributed by atoms with Gasteiger partial charge in [0, 0.05) is 26.3 Å². The fraction of sp³-hybridized carbons (Fsp3) is 0.304. The number of aromatic nitrogens is 2. The molecule has 3 atom stereocenters. The Hall–Kier alpha value is -3.30. The summed E-state index contributed by atoms with van der Waals surface area (Å²) in [6.45, 7) is 3.81. The van der Waals surface area contributed by atoms with Gasteiger partial charge in [-0.15, -0.1) is 0 Å². The minimum atomic E-state index is 0.0997. The van der Waals surface area contributed by atoms with E-state index in [4.69, 9.17) is 0 Å². The summed E-state index contributed by atoms with van der Waals surface area (Å²) in [6, 6.07) is 18.8. The number of aryl methyl sites for hydroxylation is 1. The van der Waals surface area contributed by atoms with Crippen LogP contribution < -0.4 is 16.0 Å².